The van der Waals surface area contributed by atoms with Gasteiger partial charge in [0.25, 0.3) is 11.8 Å². The van der Waals surface area contributed by atoms with Gasteiger partial charge >= 0.3 is 0 Å². The molecule has 4 rings (SSSR count). The van der Waals surface area contributed by atoms with Gasteiger partial charge in [0.2, 0.25) is 11.8 Å². The van der Waals surface area contributed by atoms with Gasteiger partial charge in [0.05, 0.1) is 19.1 Å². The highest BCUT2D eigenvalue weighted by molar-refractivity contribution is 7.10. The van der Waals surface area contributed by atoms with Crippen molar-refractivity contribution in [1.82, 2.24) is 15.5 Å². The Morgan fingerprint density at radius 1 is 1.12 bits per heavy atom. The van der Waals surface area contributed by atoms with Gasteiger partial charge in [0.15, 0.2) is 5.67 Å². The van der Waals surface area contributed by atoms with Crippen molar-refractivity contribution < 1.29 is 31.9 Å². The molecule has 3 aromatic rings. The molecular weight excluding hydrogens is 574 g/mol. The molecule has 3 atom stereocenters. The Morgan fingerprint density at radius 2 is 1.76 bits per heavy atom. The van der Waals surface area contributed by atoms with Crippen LogP contribution in [0.5, 0.6) is 0 Å². The number of amides is 3. The van der Waals surface area contributed by atoms with E-state index in [0.29, 0.717) is 10.4 Å². The zero-order valence-corrected chi connectivity index (χ0v) is 23.3. The molecule has 1 saturated heterocycles. The lowest BCUT2D eigenvalue weighted by atomic mass is 9.99. The van der Waals surface area contributed by atoms with E-state index in [-0.39, 0.29) is 22.5 Å². The van der Waals surface area contributed by atoms with Crippen molar-refractivity contribution in [1.29, 1.82) is 5.41 Å². The second-order valence-corrected chi connectivity index (χ2v) is 11.1. The first-order chi connectivity index (χ1) is 19.8. The maximum atomic E-state index is 15.0. The number of likely N-dealkylation sites (tertiary alicyclic amines) is 1. The molecule has 1 aliphatic rings. The van der Waals surface area contributed by atoms with E-state index in [1.165, 1.54) is 47.7 Å². The van der Waals surface area contributed by atoms with Gasteiger partial charge in [0, 0.05) is 38.9 Å². The van der Waals surface area contributed by atoms with Gasteiger partial charge in [-0.25, -0.2) is 8.78 Å². The van der Waals surface area contributed by atoms with Gasteiger partial charge in [-0.3, -0.25) is 19.8 Å². The van der Waals surface area contributed by atoms with Crippen LogP contribution < -0.4 is 16.4 Å². The van der Waals surface area contributed by atoms with Crippen LogP contribution in [0.4, 0.5) is 17.6 Å². The van der Waals surface area contributed by atoms with Gasteiger partial charge in [-0.05, 0) is 25.1 Å². The molecule has 222 valence electrons. The first-order valence-electron chi connectivity index (χ1n) is 12.9. The normalized spacial score (nSPS) is 19.3. The smallest absolute Gasteiger partial charge is 0.298 e. The van der Waals surface area contributed by atoms with Crippen molar-refractivity contribution in [2.75, 3.05) is 19.8 Å². The van der Waals surface area contributed by atoms with Crippen LogP contribution in [0, 0.1) is 5.41 Å². The minimum Gasteiger partial charge on any atom is -0.384 e. The number of nitrogen functional groups attached to an aromatic ring is 1. The number of benzene rings is 2. The highest BCUT2D eigenvalue weighted by atomic mass is 32.1. The Morgan fingerprint density at radius 3 is 2.36 bits per heavy atom. The standard InChI is InChI=1S/C29H29F4N5O3S/c1-17(23-11-19(14-42-23)25(34)35)37-27(41)22-12-28(31,15-30)16-38(22)24(39)13-36-26(40)18-7-9-21(10-8-18)29(32,33)20-5-3-2-4-6-20/h2-11,14,17,22H,12-13,15-16H2,1H3,(H3,34,35)(H,36,40)(H,37,41)/t17?,22-,28-/m0/s1. The third kappa shape index (κ3) is 6.62. The Balaban J connectivity index is 1.39. The summed E-state index contributed by atoms with van der Waals surface area (Å²) in [5.74, 6) is -5.70. The van der Waals surface area contributed by atoms with Crippen LogP contribution in [0.3, 0.4) is 0 Å². The van der Waals surface area contributed by atoms with E-state index in [1.807, 2.05) is 0 Å². The number of nitrogens with one attached hydrogen (secondary N) is 3. The number of nitrogens with two attached hydrogens (primary N) is 1. The summed E-state index contributed by atoms with van der Waals surface area (Å²) >= 11 is 1.25. The molecule has 0 radical (unpaired) electrons. The van der Waals surface area contributed by atoms with Crippen LogP contribution >= 0.6 is 11.3 Å². The second kappa shape index (κ2) is 12.3. The van der Waals surface area contributed by atoms with Crippen LogP contribution in [0.25, 0.3) is 0 Å². The van der Waals surface area contributed by atoms with Crippen LogP contribution in [0.15, 0.2) is 66.0 Å². The van der Waals surface area contributed by atoms with Gasteiger partial charge in [0.1, 0.15) is 18.6 Å². The zero-order chi connectivity index (χ0) is 30.7. The molecule has 5 N–H and O–H groups in total. The van der Waals surface area contributed by atoms with Crippen LogP contribution in [-0.2, 0) is 15.5 Å². The SMILES string of the molecule is CC(NC(=O)[C@@H]1C[C@](F)(CF)CN1C(=O)CNC(=O)c1ccc(C(F)(F)c2ccccc2)cc1)c1cc(C(=N)N)cs1. The minimum absolute atomic E-state index is 0.00410. The molecular formula is C29H29F4N5O3S. The molecule has 0 bridgehead atoms. The quantitative estimate of drug-likeness (QED) is 0.158. The summed E-state index contributed by atoms with van der Waals surface area (Å²) < 4.78 is 58.1. The summed E-state index contributed by atoms with van der Waals surface area (Å²) in [7, 11) is 0. The largest absolute Gasteiger partial charge is 0.384 e. The molecule has 8 nitrogen and oxygen atoms in total. The number of hydrogen-bond donors (Lipinski definition) is 4. The van der Waals surface area contributed by atoms with E-state index in [1.54, 1.807) is 24.4 Å². The van der Waals surface area contributed by atoms with E-state index >= 15 is 4.39 Å². The minimum atomic E-state index is -3.29. The first kappa shape index (κ1) is 30.7. The predicted molar refractivity (Wildman–Crippen MR) is 150 cm³/mol. The fourth-order valence-electron chi connectivity index (χ4n) is 4.64. The first-order valence-corrected chi connectivity index (χ1v) is 13.8. The highest BCUT2D eigenvalue weighted by Crippen LogP contribution is 2.35. The molecule has 3 amide bonds. The average Bonchev–Trinajstić information content (AvgIpc) is 3.62. The Kier molecular flexibility index (Phi) is 9.00. The molecule has 2 heterocycles. The monoisotopic (exact) mass is 603 g/mol. The van der Waals surface area contributed by atoms with Gasteiger partial charge in [-0.15, -0.1) is 11.3 Å². The maximum Gasteiger partial charge on any atom is 0.298 e. The van der Waals surface area contributed by atoms with Gasteiger partial charge in [-0.1, -0.05) is 42.5 Å². The molecule has 42 heavy (non-hydrogen) atoms. The van der Waals surface area contributed by atoms with Crippen LogP contribution in [0.1, 0.15) is 51.3 Å². The number of amidine groups is 1. The summed E-state index contributed by atoms with van der Waals surface area (Å²) in [5, 5.41) is 14.2. The van der Waals surface area contributed by atoms with Crippen molar-refractivity contribution in [2.24, 2.45) is 5.73 Å². The molecule has 1 aromatic heterocycles. The van der Waals surface area contributed by atoms with Crippen LogP contribution in [0.2, 0.25) is 0 Å². The Bertz CT molecular complexity index is 1470. The molecule has 0 spiro atoms. The number of hydrogen-bond acceptors (Lipinski definition) is 5. The lowest BCUT2D eigenvalue weighted by molar-refractivity contribution is -0.138. The van der Waals surface area contributed by atoms with Crippen molar-refractivity contribution >= 4 is 34.9 Å². The summed E-state index contributed by atoms with van der Waals surface area (Å²) in [6.07, 6.45) is -0.567. The number of carbonyl (C=O) groups is 3. The fraction of sp³-hybridized carbons (Fsp3) is 0.310. The summed E-state index contributed by atoms with van der Waals surface area (Å²) in [6.45, 7) is -1.06. The van der Waals surface area contributed by atoms with E-state index in [4.69, 9.17) is 11.1 Å². The molecule has 0 aliphatic carbocycles. The average molecular weight is 604 g/mol. The molecule has 2 aromatic carbocycles. The lowest BCUT2D eigenvalue weighted by Crippen LogP contribution is -2.49. The number of carbonyl (C=O) groups excluding carboxylic acids is 3. The van der Waals surface area contributed by atoms with E-state index in [9.17, 15) is 27.6 Å². The van der Waals surface area contributed by atoms with Gasteiger partial charge < -0.3 is 21.3 Å². The zero-order valence-electron chi connectivity index (χ0n) is 22.5. The number of thiophene rings is 1. The van der Waals surface area contributed by atoms with E-state index in [0.717, 1.165) is 17.0 Å². The van der Waals surface area contributed by atoms with Crippen molar-refractivity contribution in [3.63, 3.8) is 0 Å². The van der Waals surface area contributed by atoms with Crippen LogP contribution in [-0.4, -0.2) is 59.9 Å². The number of alkyl halides is 4. The summed E-state index contributed by atoms with van der Waals surface area (Å²) in [4.78, 5) is 40.2. The molecule has 1 fully saturated rings. The topological polar surface area (TPSA) is 128 Å². The number of rotatable bonds is 10. The molecule has 13 heteroatoms. The van der Waals surface area contributed by atoms with Gasteiger partial charge in [-0.2, -0.15) is 8.78 Å². The Labute approximate surface area is 243 Å². The maximum absolute atomic E-state index is 15.0. The number of nitrogens with zero attached hydrogens (tertiary/aromatic N) is 1. The van der Waals surface area contributed by atoms with E-state index in [2.05, 4.69) is 10.6 Å². The summed E-state index contributed by atoms with van der Waals surface area (Å²) in [6, 6.07) is 11.5. The third-order valence-electron chi connectivity index (χ3n) is 7.01. The van der Waals surface area contributed by atoms with Crippen molar-refractivity contribution in [3.8, 4) is 0 Å². The highest BCUT2D eigenvalue weighted by Gasteiger charge is 2.49. The molecule has 1 aliphatic heterocycles. The molecule has 1 unspecified atom stereocenters. The van der Waals surface area contributed by atoms with Crippen molar-refractivity contribution in [2.45, 2.75) is 37.0 Å². The second-order valence-electron chi connectivity index (χ2n) is 10.1. The molecule has 0 saturated carbocycles. The third-order valence-corrected chi connectivity index (χ3v) is 8.13. The summed E-state index contributed by atoms with van der Waals surface area (Å²) in [5.41, 5.74) is 2.99. The fourth-order valence-corrected chi connectivity index (χ4v) is 5.55. The van der Waals surface area contributed by atoms with E-state index < -0.39 is 67.6 Å². The lowest BCUT2D eigenvalue weighted by Gasteiger charge is -2.25. The van der Waals surface area contributed by atoms with Crippen molar-refractivity contribution in [3.05, 3.63) is 93.2 Å². The predicted octanol–water partition coefficient (Wildman–Crippen LogP) is 4.06. The number of halogens is 4. The Hall–Kier alpha value is -4.26.